The Labute approximate surface area is 169 Å². The predicted molar refractivity (Wildman–Crippen MR) is 112 cm³/mol. The van der Waals surface area contributed by atoms with Crippen molar-refractivity contribution < 1.29 is 19.1 Å². The SMILES string of the molecule is CCc1ccc(/C=C2\SC(=O)N(CCc3cccc(OC)c3OC)C2=O)cc1. The zero-order valence-corrected chi connectivity index (χ0v) is 17.0. The molecule has 0 N–H and O–H groups in total. The predicted octanol–water partition coefficient (Wildman–Crippen LogP) is 4.55. The standard InChI is InChI=1S/C22H23NO4S/c1-4-15-8-10-16(11-9-15)14-19-21(24)23(22(25)28-19)13-12-17-6-5-7-18(26-2)20(17)27-3/h5-11,14H,4,12-13H2,1-3H3/b19-14-. The Hall–Kier alpha value is -2.73. The minimum absolute atomic E-state index is 0.247. The van der Waals surface area contributed by atoms with E-state index in [4.69, 9.17) is 9.47 Å². The van der Waals surface area contributed by atoms with Gasteiger partial charge in [0.1, 0.15) is 0 Å². The van der Waals surface area contributed by atoms with Crippen LogP contribution in [0.2, 0.25) is 0 Å². The van der Waals surface area contributed by atoms with Crippen molar-refractivity contribution in [3.05, 3.63) is 64.1 Å². The van der Waals surface area contributed by atoms with Crippen LogP contribution in [0, 0.1) is 0 Å². The second-order valence-electron chi connectivity index (χ2n) is 6.33. The maximum absolute atomic E-state index is 12.7. The van der Waals surface area contributed by atoms with E-state index in [1.807, 2.05) is 42.5 Å². The van der Waals surface area contributed by atoms with Crippen molar-refractivity contribution in [2.24, 2.45) is 0 Å². The molecular formula is C22H23NO4S. The first-order valence-corrected chi connectivity index (χ1v) is 9.93. The van der Waals surface area contributed by atoms with Crippen LogP contribution in [0.3, 0.4) is 0 Å². The Morgan fingerprint density at radius 1 is 1.04 bits per heavy atom. The Kier molecular flexibility index (Phi) is 6.41. The molecule has 1 fully saturated rings. The summed E-state index contributed by atoms with van der Waals surface area (Å²) >= 11 is 0.982. The molecule has 5 nitrogen and oxygen atoms in total. The molecule has 0 aliphatic carbocycles. The van der Waals surface area contributed by atoms with E-state index in [-0.39, 0.29) is 11.1 Å². The van der Waals surface area contributed by atoms with Gasteiger partial charge >= 0.3 is 0 Å². The largest absolute Gasteiger partial charge is 0.493 e. The van der Waals surface area contributed by atoms with Gasteiger partial charge in [-0.25, -0.2) is 0 Å². The number of carbonyl (C=O) groups is 2. The van der Waals surface area contributed by atoms with Gasteiger partial charge in [-0.15, -0.1) is 0 Å². The van der Waals surface area contributed by atoms with Crippen LogP contribution in [-0.4, -0.2) is 36.8 Å². The number of carbonyl (C=O) groups excluding carboxylic acids is 2. The summed E-state index contributed by atoms with van der Waals surface area (Å²) in [6.45, 7) is 2.39. The van der Waals surface area contributed by atoms with Gasteiger partial charge in [0.25, 0.3) is 11.1 Å². The zero-order valence-electron chi connectivity index (χ0n) is 16.2. The van der Waals surface area contributed by atoms with Gasteiger partial charge in [-0.1, -0.05) is 43.3 Å². The molecule has 1 saturated heterocycles. The summed E-state index contributed by atoms with van der Waals surface area (Å²) in [4.78, 5) is 26.8. The highest BCUT2D eigenvalue weighted by atomic mass is 32.2. The number of aryl methyl sites for hydroxylation is 1. The van der Waals surface area contributed by atoms with Crippen molar-refractivity contribution in [1.82, 2.24) is 4.90 Å². The molecule has 3 rings (SSSR count). The summed E-state index contributed by atoms with van der Waals surface area (Å²) in [5.74, 6) is 1.00. The summed E-state index contributed by atoms with van der Waals surface area (Å²) in [5.41, 5.74) is 3.04. The molecule has 2 amide bonds. The molecule has 2 aromatic rings. The van der Waals surface area contributed by atoms with Crippen molar-refractivity contribution in [1.29, 1.82) is 0 Å². The number of amides is 2. The quantitative estimate of drug-likeness (QED) is 0.642. The number of nitrogens with zero attached hydrogens (tertiary/aromatic N) is 1. The van der Waals surface area contributed by atoms with Crippen molar-refractivity contribution in [3.63, 3.8) is 0 Å². The molecule has 0 aromatic heterocycles. The Morgan fingerprint density at radius 2 is 1.79 bits per heavy atom. The number of rotatable bonds is 7. The molecule has 0 bridgehead atoms. The Balaban J connectivity index is 1.73. The lowest BCUT2D eigenvalue weighted by molar-refractivity contribution is -0.122. The van der Waals surface area contributed by atoms with Gasteiger partial charge < -0.3 is 9.47 Å². The van der Waals surface area contributed by atoms with Gasteiger partial charge in [-0.3, -0.25) is 14.5 Å². The van der Waals surface area contributed by atoms with Gasteiger partial charge in [0.15, 0.2) is 11.5 Å². The second-order valence-corrected chi connectivity index (χ2v) is 7.32. The maximum Gasteiger partial charge on any atom is 0.293 e. The van der Waals surface area contributed by atoms with E-state index >= 15 is 0 Å². The highest BCUT2D eigenvalue weighted by molar-refractivity contribution is 8.18. The van der Waals surface area contributed by atoms with Crippen LogP contribution < -0.4 is 9.47 Å². The Morgan fingerprint density at radius 3 is 2.43 bits per heavy atom. The van der Waals surface area contributed by atoms with E-state index in [1.165, 1.54) is 10.5 Å². The van der Waals surface area contributed by atoms with Crippen molar-refractivity contribution >= 4 is 29.0 Å². The molecule has 0 unspecified atom stereocenters. The van der Waals surface area contributed by atoms with Crippen LogP contribution >= 0.6 is 11.8 Å². The van der Waals surface area contributed by atoms with Crippen molar-refractivity contribution in [2.45, 2.75) is 19.8 Å². The molecule has 146 valence electrons. The molecule has 1 heterocycles. The van der Waals surface area contributed by atoms with E-state index in [9.17, 15) is 9.59 Å². The molecule has 1 aliphatic heterocycles. The fourth-order valence-corrected chi connectivity index (χ4v) is 3.94. The topological polar surface area (TPSA) is 55.8 Å². The van der Waals surface area contributed by atoms with Gasteiger partial charge in [-0.05, 0) is 53.4 Å². The number of benzene rings is 2. The highest BCUT2D eigenvalue weighted by Gasteiger charge is 2.34. The van der Waals surface area contributed by atoms with Crippen LogP contribution in [-0.2, 0) is 17.6 Å². The van der Waals surface area contributed by atoms with Crippen LogP contribution in [0.15, 0.2) is 47.4 Å². The number of thioether (sulfide) groups is 1. The third kappa shape index (κ3) is 4.22. The van der Waals surface area contributed by atoms with E-state index in [2.05, 4.69) is 6.92 Å². The summed E-state index contributed by atoms with van der Waals surface area (Å²) in [6.07, 6.45) is 3.23. The number of para-hydroxylation sites is 1. The molecule has 0 radical (unpaired) electrons. The normalized spacial score (nSPS) is 15.4. The molecule has 2 aromatic carbocycles. The molecule has 0 saturated carbocycles. The average molecular weight is 397 g/mol. The smallest absolute Gasteiger partial charge is 0.293 e. The van der Waals surface area contributed by atoms with E-state index in [0.29, 0.717) is 29.4 Å². The van der Waals surface area contributed by atoms with Gasteiger partial charge in [0.2, 0.25) is 0 Å². The maximum atomic E-state index is 12.7. The van der Waals surface area contributed by atoms with Gasteiger partial charge in [-0.2, -0.15) is 0 Å². The third-order valence-corrected chi connectivity index (χ3v) is 5.56. The summed E-state index contributed by atoms with van der Waals surface area (Å²) in [7, 11) is 3.16. The fraction of sp³-hybridized carbons (Fsp3) is 0.273. The minimum Gasteiger partial charge on any atom is -0.493 e. The average Bonchev–Trinajstić information content (AvgIpc) is 2.99. The number of hydrogen-bond acceptors (Lipinski definition) is 5. The number of hydrogen-bond donors (Lipinski definition) is 0. The summed E-state index contributed by atoms with van der Waals surface area (Å²) < 4.78 is 10.7. The number of imide groups is 1. The van der Waals surface area contributed by atoms with E-state index in [0.717, 1.165) is 29.3 Å². The zero-order chi connectivity index (χ0) is 20.1. The first-order valence-electron chi connectivity index (χ1n) is 9.11. The molecular weight excluding hydrogens is 374 g/mol. The fourth-order valence-electron chi connectivity index (χ4n) is 3.08. The van der Waals surface area contributed by atoms with Crippen LogP contribution in [0.4, 0.5) is 4.79 Å². The molecule has 6 heteroatoms. The molecule has 28 heavy (non-hydrogen) atoms. The lowest BCUT2D eigenvalue weighted by Gasteiger charge is -2.15. The first-order chi connectivity index (χ1) is 13.6. The molecule has 1 aliphatic rings. The number of ether oxygens (including phenoxy) is 2. The monoisotopic (exact) mass is 397 g/mol. The molecule has 0 spiro atoms. The van der Waals surface area contributed by atoms with Gasteiger partial charge in [0.05, 0.1) is 19.1 Å². The third-order valence-electron chi connectivity index (χ3n) is 4.65. The van der Waals surface area contributed by atoms with E-state index in [1.54, 1.807) is 20.3 Å². The van der Waals surface area contributed by atoms with Crippen molar-refractivity contribution in [2.75, 3.05) is 20.8 Å². The van der Waals surface area contributed by atoms with Crippen LogP contribution in [0.25, 0.3) is 6.08 Å². The summed E-state index contributed by atoms with van der Waals surface area (Å²) in [5, 5.41) is -0.247. The number of methoxy groups -OCH3 is 2. The second kappa shape index (κ2) is 8.97. The van der Waals surface area contributed by atoms with E-state index < -0.39 is 0 Å². The summed E-state index contributed by atoms with van der Waals surface area (Å²) in [6, 6.07) is 13.6. The van der Waals surface area contributed by atoms with Crippen LogP contribution in [0.5, 0.6) is 11.5 Å². The van der Waals surface area contributed by atoms with Crippen LogP contribution in [0.1, 0.15) is 23.6 Å². The molecule has 0 atom stereocenters. The van der Waals surface area contributed by atoms with Gasteiger partial charge in [0, 0.05) is 6.54 Å². The minimum atomic E-state index is -0.253. The van der Waals surface area contributed by atoms with Crippen molar-refractivity contribution in [3.8, 4) is 11.5 Å². The lowest BCUT2D eigenvalue weighted by atomic mass is 10.1. The Bertz CT molecular complexity index is 905. The lowest BCUT2D eigenvalue weighted by Crippen LogP contribution is -2.30. The highest BCUT2D eigenvalue weighted by Crippen LogP contribution is 2.34. The first kappa shape index (κ1) is 20.0.